The molecule has 0 bridgehead atoms. The molecule has 0 aliphatic carbocycles. The van der Waals surface area contributed by atoms with Gasteiger partial charge in [0.25, 0.3) is 0 Å². The average molecular weight is 295 g/mol. The predicted molar refractivity (Wildman–Crippen MR) is 79.8 cm³/mol. The minimum atomic E-state index is -0.700. The molecular formula is C15H25N3O3. The van der Waals surface area contributed by atoms with Gasteiger partial charge in [-0.05, 0) is 32.3 Å². The van der Waals surface area contributed by atoms with E-state index in [0.717, 1.165) is 11.4 Å². The Morgan fingerprint density at radius 3 is 2.29 bits per heavy atom. The van der Waals surface area contributed by atoms with Gasteiger partial charge in [0.05, 0.1) is 12.8 Å². The zero-order valence-corrected chi connectivity index (χ0v) is 13.9. The predicted octanol–water partition coefficient (Wildman–Crippen LogP) is 1.76. The molecule has 1 aromatic rings. The van der Waals surface area contributed by atoms with Gasteiger partial charge in [-0.1, -0.05) is 20.8 Å². The second-order valence-electron chi connectivity index (χ2n) is 6.38. The van der Waals surface area contributed by atoms with E-state index in [2.05, 4.69) is 10.4 Å². The molecule has 1 heterocycles. The first kappa shape index (κ1) is 17.2. The Labute approximate surface area is 125 Å². The lowest BCUT2D eigenvalue weighted by Gasteiger charge is -2.30. The maximum absolute atomic E-state index is 12.4. The van der Waals surface area contributed by atoms with Crippen LogP contribution in [-0.4, -0.2) is 34.8 Å². The Morgan fingerprint density at radius 1 is 1.33 bits per heavy atom. The summed E-state index contributed by atoms with van der Waals surface area (Å²) in [5.41, 5.74) is 1.32. The van der Waals surface area contributed by atoms with Gasteiger partial charge >= 0.3 is 5.97 Å². The van der Waals surface area contributed by atoms with E-state index in [1.807, 2.05) is 40.7 Å². The van der Waals surface area contributed by atoms with E-state index in [-0.39, 0.29) is 5.91 Å². The van der Waals surface area contributed by atoms with E-state index in [9.17, 15) is 9.59 Å². The quantitative estimate of drug-likeness (QED) is 0.859. The van der Waals surface area contributed by atoms with Crippen LogP contribution in [0.2, 0.25) is 0 Å². The number of amides is 1. The summed E-state index contributed by atoms with van der Waals surface area (Å²) in [7, 11) is 1.32. The van der Waals surface area contributed by atoms with Gasteiger partial charge in [-0.15, -0.1) is 0 Å². The topological polar surface area (TPSA) is 73.2 Å². The van der Waals surface area contributed by atoms with E-state index in [1.165, 1.54) is 7.11 Å². The average Bonchev–Trinajstić information content (AvgIpc) is 2.71. The van der Waals surface area contributed by atoms with Crippen LogP contribution in [0.4, 0.5) is 0 Å². The summed E-state index contributed by atoms with van der Waals surface area (Å²) in [5.74, 6) is -0.706. The van der Waals surface area contributed by atoms with E-state index in [1.54, 1.807) is 11.6 Å². The fourth-order valence-corrected chi connectivity index (χ4v) is 2.16. The second-order valence-corrected chi connectivity index (χ2v) is 6.38. The molecule has 1 amide bonds. The van der Waals surface area contributed by atoms with Crippen LogP contribution in [0.15, 0.2) is 6.07 Å². The van der Waals surface area contributed by atoms with Crippen molar-refractivity contribution >= 4 is 11.9 Å². The summed E-state index contributed by atoms with van der Waals surface area (Å²) in [6.45, 7) is 11.2. The molecule has 118 valence electrons. The molecule has 0 fully saturated rings. The van der Waals surface area contributed by atoms with E-state index in [0.29, 0.717) is 0 Å². The fraction of sp³-hybridized carbons (Fsp3) is 0.667. The van der Waals surface area contributed by atoms with Crippen molar-refractivity contribution in [2.75, 3.05) is 7.11 Å². The number of hydrogen-bond acceptors (Lipinski definition) is 4. The number of nitrogens with one attached hydrogen (secondary N) is 1. The minimum absolute atomic E-state index is 0.258. The number of hydrogen-bond donors (Lipinski definition) is 1. The summed E-state index contributed by atoms with van der Waals surface area (Å²) >= 11 is 0. The van der Waals surface area contributed by atoms with Gasteiger partial charge in [0.1, 0.15) is 12.1 Å². The van der Waals surface area contributed by atoms with Crippen molar-refractivity contribution in [3.8, 4) is 0 Å². The molecule has 0 unspecified atom stereocenters. The highest BCUT2D eigenvalue weighted by atomic mass is 16.5. The summed E-state index contributed by atoms with van der Waals surface area (Å²) in [4.78, 5) is 24.3. The van der Waals surface area contributed by atoms with Gasteiger partial charge in [0.2, 0.25) is 5.91 Å². The minimum Gasteiger partial charge on any atom is -0.467 e. The Kier molecular flexibility index (Phi) is 5.15. The molecule has 0 aromatic carbocycles. The maximum Gasteiger partial charge on any atom is 0.328 e. The van der Waals surface area contributed by atoms with E-state index in [4.69, 9.17) is 4.74 Å². The first-order valence-electron chi connectivity index (χ1n) is 6.99. The largest absolute Gasteiger partial charge is 0.467 e. The maximum atomic E-state index is 12.4. The normalized spacial score (nSPS) is 14.4. The van der Waals surface area contributed by atoms with Crippen LogP contribution in [0.3, 0.4) is 0 Å². The van der Waals surface area contributed by atoms with Crippen molar-refractivity contribution in [3.05, 3.63) is 17.5 Å². The standard InChI is InChI=1S/C15H25N3O3/c1-9-8-10(2)18(17-9)11(3)13(19)16-12(14(20)21-7)15(4,5)6/h8,11-12H,1-7H3,(H,16,19)/t11-,12-/m0/s1. The SMILES string of the molecule is COC(=O)[C@H](NC(=O)[C@H](C)n1nc(C)cc1C)C(C)(C)C. The zero-order valence-electron chi connectivity index (χ0n) is 13.9. The molecule has 0 aliphatic rings. The molecule has 6 heteroatoms. The highest BCUT2D eigenvalue weighted by Crippen LogP contribution is 2.21. The van der Waals surface area contributed by atoms with E-state index >= 15 is 0 Å². The van der Waals surface area contributed by atoms with Crippen LogP contribution in [0.25, 0.3) is 0 Å². The highest BCUT2D eigenvalue weighted by Gasteiger charge is 2.35. The summed E-state index contributed by atoms with van der Waals surface area (Å²) in [6, 6.07) is 0.716. The molecule has 1 rings (SSSR count). The van der Waals surface area contributed by atoms with Crippen LogP contribution < -0.4 is 5.32 Å². The van der Waals surface area contributed by atoms with Gasteiger partial charge in [0.15, 0.2) is 0 Å². The fourth-order valence-electron chi connectivity index (χ4n) is 2.16. The molecule has 6 nitrogen and oxygen atoms in total. The third-order valence-electron chi connectivity index (χ3n) is 3.38. The van der Waals surface area contributed by atoms with Crippen molar-refractivity contribution < 1.29 is 14.3 Å². The first-order chi connectivity index (χ1) is 9.57. The lowest BCUT2D eigenvalue weighted by atomic mass is 9.86. The van der Waals surface area contributed by atoms with Crippen LogP contribution in [0.5, 0.6) is 0 Å². The van der Waals surface area contributed by atoms with Crippen molar-refractivity contribution in [1.29, 1.82) is 0 Å². The first-order valence-corrected chi connectivity index (χ1v) is 6.99. The molecule has 0 saturated heterocycles. The Bertz CT molecular complexity index is 529. The molecule has 1 aromatic heterocycles. The molecule has 1 N–H and O–H groups in total. The number of carbonyl (C=O) groups excluding carboxylic acids is 2. The summed E-state index contributed by atoms with van der Waals surface area (Å²) in [6.07, 6.45) is 0. The molecule has 21 heavy (non-hydrogen) atoms. The zero-order chi connectivity index (χ0) is 16.4. The second kappa shape index (κ2) is 6.28. The molecule has 2 atom stereocenters. The third kappa shape index (κ3) is 4.06. The van der Waals surface area contributed by atoms with Crippen LogP contribution in [0.1, 0.15) is 45.1 Å². The van der Waals surface area contributed by atoms with Gasteiger partial charge in [0, 0.05) is 5.69 Å². The molecule has 0 aliphatic heterocycles. The van der Waals surface area contributed by atoms with E-state index < -0.39 is 23.5 Å². The Hall–Kier alpha value is -1.85. The van der Waals surface area contributed by atoms with Gasteiger partial charge < -0.3 is 10.1 Å². The van der Waals surface area contributed by atoms with Gasteiger partial charge in [-0.2, -0.15) is 5.10 Å². The lowest BCUT2D eigenvalue weighted by molar-refractivity contribution is -0.148. The number of nitrogens with zero attached hydrogens (tertiary/aromatic N) is 2. The van der Waals surface area contributed by atoms with Gasteiger partial charge in [-0.25, -0.2) is 4.79 Å². The monoisotopic (exact) mass is 295 g/mol. The Balaban J connectivity index is 2.92. The Morgan fingerprint density at radius 2 is 1.90 bits per heavy atom. The summed E-state index contributed by atoms with van der Waals surface area (Å²) in [5, 5.41) is 7.07. The number of rotatable bonds is 4. The summed E-state index contributed by atoms with van der Waals surface area (Å²) < 4.78 is 6.43. The number of methoxy groups -OCH3 is 1. The molecule has 0 radical (unpaired) electrons. The van der Waals surface area contributed by atoms with Crippen molar-refractivity contribution in [1.82, 2.24) is 15.1 Å². The van der Waals surface area contributed by atoms with Crippen LogP contribution in [-0.2, 0) is 14.3 Å². The van der Waals surface area contributed by atoms with Crippen molar-refractivity contribution in [2.24, 2.45) is 5.41 Å². The number of esters is 1. The molecule has 0 spiro atoms. The molecule has 0 saturated carbocycles. The van der Waals surface area contributed by atoms with Crippen molar-refractivity contribution in [3.63, 3.8) is 0 Å². The van der Waals surface area contributed by atoms with Gasteiger partial charge in [-0.3, -0.25) is 9.48 Å². The number of ether oxygens (including phenoxy) is 1. The van der Waals surface area contributed by atoms with Crippen LogP contribution >= 0.6 is 0 Å². The van der Waals surface area contributed by atoms with Crippen LogP contribution in [0, 0.1) is 19.3 Å². The number of aryl methyl sites for hydroxylation is 2. The molecular weight excluding hydrogens is 270 g/mol. The smallest absolute Gasteiger partial charge is 0.328 e. The number of carbonyl (C=O) groups is 2. The lowest BCUT2D eigenvalue weighted by Crippen LogP contribution is -2.51. The third-order valence-corrected chi connectivity index (χ3v) is 3.38. The van der Waals surface area contributed by atoms with Crippen molar-refractivity contribution in [2.45, 2.75) is 53.6 Å². The number of aromatic nitrogens is 2. The highest BCUT2D eigenvalue weighted by molar-refractivity contribution is 5.86.